The molecule has 1 amide bonds. The molecule has 0 saturated carbocycles. The maximum atomic E-state index is 13.3. The van der Waals surface area contributed by atoms with E-state index in [1.807, 2.05) is 41.1 Å². The SMILES string of the molecule is N#CC1C=CC(n2ccc3nc(C(=O)N4CCC(F)CC4)ccc32)=CC1. The maximum Gasteiger partial charge on any atom is 0.272 e. The summed E-state index contributed by atoms with van der Waals surface area (Å²) >= 11 is 0. The molecule has 1 aliphatic carbocycles. The number of carbonyl (C=O) groups is 1. The van der Waals surface area contributed by atoms with E-state index in [1.165, 1.54) is 0 Å². The minimum absolute atomic E-state index is 0.0728. The highest BCUT2D eigenvalue weighted by Crippen LogP contribution is 2.25. The second-order valence-electron chi connectivity index (χ2n) is 6.71. The van der Waals surface area contributed by atoms with E-state index < -0.39 is 6.17 Å². The quantitative estimate of drug-likeness (QED) is 0.832. The zero-order valence-corrected chi connectivity index (χ0v) is 14.3. The monoisotopic (exact) mass is 350 g/mol. The second kappa shape index (κ2) is 6.75. The number of carbonyl (C=O) groups excluding carboxylic acids is 1. The first-order chi connectivity index (χ1) is 12.7. The summed E-state index contributed by atoms with van der Waals surface area (Å²) < 4.78 is 15.3. The van der Waals surface area contributed by atoms with Crippen molar-refractivity contribution in [2.75, 3.05) is 13.1 Å². The van der Waals surface area contributed by atoms with Crippen molar-refractivity contribution in [3.8, 4) is 6.07 Å². The van der Waals surface area contributed by atoms with Gasteiger partial charge in [-0.2, -0.15) is 5.26 Å². The summed E-state index contributed by atoms with van der Waals surface area (Å²) in [5, 5.41) is 8.98. The Labute approximate surface area is 151 Å². The number of halogens is 1. The van der Waals surface area contributed by atoms with E-state index in [4.69, 9.17) is 5.26 Å². The Morgan fingerprint density at radius 1 is 1.27 bits per heavy atom. The number of likely N-dealkylation sites (tertiary alicyclic amines) is 1. The van der Waals surface area contributed by atoms with Gasteiger partial charge in [-0.05, 0) is 43.5 Å². The number of rotatable bonds is 2. The van der Waals surface area contributed by atoms with Gasteiger partial charge in [-0.1, -0.05) is 12.2 Å². The van der Waals surface area contributed by atoms with Crippen LogP contribution in [0.3, 0.4) is 0 Å². The first-order valence-electron chi connectivity index (χ1n) is 8.85. The standard InChI is InChI=1S/C20H19FN4O/c21-15-7-10-24(11-8-15)20(26)18-5-6-19-17(23-18)9-12-25(19)16-3-1-14(13-22)2-4-16/h1,3-6,9,12,14-15H,2,7-8,10-11H2. The summed E-state index contributed by atoms with van der Waals surface area (Å²) in [6.45, 7) is 0.886. The normalized spacial score (nSPS) is 20.8. The third-order valence-corrected chi connectivity index (χ3v) is 5.00. The minimum Gasteiger partial charge on any atom is -0.337 e. The van der Waals surface area contributed by atoms with Gasteiger partial charge in [-0.15, -0.1) is 0 Å². The topological polar surface area (TPSA) is 61.9 Å². The molecule has 2 aromatic rings. The Morgan fingerprint density at radius 3 is 2.77 bits per heavy atom. The van der Waals surface area contributed by atoms with Gasteiger partial charge >= 0.3 is 0 Å². The Kier molecular flexibility index (Phi) is 4.29. The number of piperidine rings is 1. The molecule has 1 aliphatic heterocycles. The number of alkyl halides is 1. The number of amides is 1. The van der Waals surface area contributed by atoms with E-state index in [2.05, 4.69) is 11.1 Å². The Bertz CT molecular complexity index is 944. The van der Waals surface area contributed by atoms with Crippen molar-refractivity contribution < 1.29 is 9.18 Å². The lowest BCUT2D eigenvalue weighted by Gasteiger charge is -2.28. The molecule has 4 rings (SSSR count). The van der Waals surface area contributed by atoms with Crippen molar-refractivity contribution in [2.45, 2.75) is 25.4 Å². The molecule has 3 heterocycles. The van der Waals surface area contributed by atoms with Gasteiger partial charge in [0.2, 0.25) is 0 Å². The largest absolute Gasteiger partial charge is 0.337 e. The van der Waals surface area contributed by atoms with Crippen LogP contribution in [-0.4, -0.2) is 39.6 Å². The van der Waals surface area contributed by atoms with Gasteiger partial charge in [-0.25, -0.2) is 9.37 Å². The fraction of sp³-hybridized carbons (Fsp3) is 0.350. The molecule has 1 saturated heterocycles. The lowest BCUT2D eigenvalue weighted by molar-refractivity contribution is 0.0661. The molecule has 1 atom stereocenters. The van der Waals surface area contributed by atoms with Gasteiger partial charge in [-0.3, -0.25) is 4.79 Å². The molecule has 0 radical (unpaired) electrons. The van der Waals surface area contributed by atoms with Crippen LogP contribution in [0.2, 0.25) is 0 Å². The molecule has 132 valence electrons. The van der Waals surface area contributed by atoms with E-state index >= 15 is 0 Å². The highest BCUT2D eigenvalue weighted by Gasteiger charge is 2.24. The molecule has 0 aromatic carbocycles. The number of nitriles is 1. The lowest BCUT2D eigenvalue weighted by Crippen LogP contribution is -2.39. The van der Waals surface area contributed by atoms with Crippen molar-refractivity contribution >= 4 is 22.6 Å². The Hall–Kier alpha value is -2.94. The molecule has 0 bridgehead atoms. The highest BCUT2D eigenvalue weighted by molar-refractivity contribution is 5.95. The molecule has 1 fully saturated rings. The van der Waals surface area contributed by atoms with Crippen molar-refractivity contribution in [2.24, 2.45) is 5.92 Å². The smallest absolute Gasteiger partial charge is 0.272 e. The molecule has 2 aliphatic rings. The average molecular weight is 350 g/mol. The van der Waals surface area contributed by atoms with Crippen molar-refractivity contribution in [1.82, 2.24) is 14.5 Å². The highest BCUT2D eigenvalue weighted by atomic mass is 19.1. The van der Waals surface area contributed by atoms with Crippen molar-refractivity contribution in [1.29, 1.82) is 5.26 Å². The number of allylic oxidation sites excluding steroid dienone is 4. The van der Waals surface area contributed by atoms with E-state index in [0.29, 0.717) is 38.0 Å². The van der Waals surface area contributed by atoms with Gasteiger partial charge in [0.25, 0.3) is 5.91 Å². The number of aromatic nitrogens is 2. The fourth-order valence-corrected chi connectivity index (χ4v) is 3.46. The zero-order chi connectivity index (χ0) is 18.1. The molecule has 26 heavy (non-hydrogen) atoms. The molecule has 0 spiro atoms. The van der Waals surface area contributed by atoms with Crippen molar-refractivity contribution in [3.63, 3.8) is 0 Å². The molecule has 0 N–H and O–H groups in total. The van der Waals surface area contributed by atoms with Crippen LogP contribution in [0.5, 0.6) is 0 Å². The first kappa shape index (κ1) is 16.5. The summed E-state index contributed by atoms with van der Waals surface area (Å²) in [7, 11) is 0. The molecule has 5 nitrogen and oxygen atoms in total. The van der Waals surface area contributed by atoms with Crippen molar-refractivity contribution in [3.05, 3.63) is 48.3 Å². The predicted octanol–water partition coefficient (Wildman–Crippen LogP) is 3.55. The Morgan fingerprint density at radius 2 is 2.08 bits per heavy atom. The maximum absolute atomic E-state index is 13.3. The number of hydrogen-bond acceptors (Lipinski definition) is 3. The Balaban J connectivity index is 1.58. The molecular formula is C20H19FN4O. The van der Waals surface area contributed by atoms with Crippen LogP contribution in [0.25, 0.3) is 16.7 Å². The molecule has 6 heteroatoms. The van der Waals surface area contributed by atoms with E-state index in [9.17, 15) is 9.18 Å². The number of nitrogens with zero attached hydrogens (tertiary/aromatic N) is 4. The molecule has 2 aromatic heterocycles. The third-order valence-electron chi connectivity index (χ3n) is 5.00. The summed E-state index contributed by atoms with van der Waals surface area (Å²) in [5.41, 5.74) is 3.05. The van der Waals surface area contributed by atoms with Crippen LogP contribution < -0.4 is 0 Å². The van der Waals surface area contributed by atoms with Gasteiger partial charge in [0.1, 0.15) is 11.9 Å². The summed E-state index contributed by atoms with van der Waals surface area (Å²) in [5.74, 6) is -0.212. The van der Waals surface area contributed by atoms with E-state index in [0.717, 1.165) is 16.7 Å². The molecular weight excluding hydrogens is 331 g/mol. The minimum atomic E-state index is -0.805. The van der Waals surface area contributed by atoms with Crippen LogP contribution in [0.1, 0.15) is 29.8 Å². The average Bonchev–Trinajstić information content (AvgIpc) is 3.11. The third kappa shape index (κ3) is 3.01. The van der Waals surface area contributed by atoms with Crippen LogP contribution in [-0.2, 0) is 0 Å². The predicted molar refractivity (Wildman–Crippen MR) is 96.9 cm³/mol. The first-order valence-corrected chi connectivity index (χ1v) is 8.85. The van der Waals surface area contributed by atoms with Crippen LogP contribution in [0.4, 0.5) is 4.39 Å². The van der Waals surface area contributed by atoms with Crippen LogP contribution in [0, 0.1) is 17.2 Å². The van der Waals surface area contributed by atoms with Gasteiger partial charge < -0.3 is 9.47 Å². The summed E-state index contributed by atoms with van der Waals surface area (Å²) in [4.78, 5) is 18.8. The lowest BCUT2D eigenvalue weighted by atomic mass is 10.0. The summed E-state index contributed by atoms with van der Waals surface area (Å²) in [6.07, 6.45) is 8.48. The second-order valence-corrected chi connectivity index (χ2v) is 6.71. The van der Waals surface area contributed by atoms with E-state index in [-0.39, 0.29) is 11.8 Å². The van der Waals surface area contributed by atoms with Gasteiger partial charge in [0.15, 0.2) is 0 Å². The number of hydrogen-bond donors (Lipinski definition) is 0. The fourth-order valence-electron chi connectivity index (χ4n) is 3.46. The van der Waals surface area contributed by atoms with Crippen LogP contribution >= 0.6 is 0 Å². The van der Waals surface area contributed by atoms with E-state index in [1.54, 1.807) is 11.0 Å². The number of pyridine rings is 1. The van der Waals surface area contributed by atoms with Crippen LogP contribution in [0.15, 0.2) is 42.6 Å². The molecule has 1 unspecified atom stereocenters. The van der Waals surface area contributed by atoms with Gasteiger partial charge in [0, 0.05) is 25.0 Å². The number of fused-ring (bicyclic) bond motifs is 1. The summed E-state index contributed by atoms with van der Waals surface area (Å²) in [6, 6.07) is 7.74. The zero-order valence-electron chi connectivity index (χ0n) is 14.3. The van der Waals surface area contributed by atoms with Gasteiger partial charge in [0.05, 0.1) is 23.0 Å².